The van der Waals surface area contributed by atoms with E-state index in [1.165, 1.54) is 12.4 Å². The zero-order valence-electron chi connectivity index (χ0n) is 9.39. The molecule has 0 unspecified atom stereocenters. The van der Waals surface area contributed by atoms with Gasteiger partial charge in [-0.25, -0.2) is 0 Å². The van der Waals surface area contributed by atoms with Crippen LogP contribution in [0.5, 0.6) is 0 Å². The van der Waals surface area contributed by atoms with Crippen LogP contribution in [-0.2, 0) is 6.42 Å². The molecule has 1 heterocycles. The SMILES string of the molecule is Nc1ccc(C(=O)NCCc2ncno2)cc1Cl. The van der Waals surface area contributed by atoms with Crippen LogP contribution in [0.15, 0.2) is 29.0 Å². The highest BCUT2D eigenvalue weighted by Gasteiger charge is 2.07. The topological polar surface area (TPSA) is 94.0 Å². The number of nitrogen functional groups attached to an aromatic ring is 1. The van der Waals surface area contributed by atoms with Gasteiger partial charge in [-0.15, -0.1) is 0 Å². The molecule has 1 aromatic heterocycles. The minimum Gasteiger partial charge on any atom is -0.398 e. The molecule has 0 spiro atoms. The molecule has 0 aliphatic rings. The van der Waals surface area contributed by atoms with E-state index in [2.05, 4.69) is 15.5 Å². The van der Waals surface area contributed by atoms with Gasteiger partial charge >= 0.3 is 0 Å². The van der Waals surface area contributed by atoms with Crippen LogP contribution in [0.3, 0.4) is 0 Å². The predicted molar refractivity (Wildman–Crippen MR) is 66.2 cm³/mol. The van der Waals surface area contributed by atoms with Crippen molar-refractivity contribution in [2.45, 2.75) is 6.42 Å². The maximum absolute atomic E-state index is 11.8. The van der Waals surface area contributed by atoms with Crippen LogP contribution < -0.4 is 11.1 Å². The lowest BCUT2D eigenvalue weighted by molar-refractivity contribution is 0.0953. The smallest absolute Gasteiger partial charge is 0.251 e. The molecule has 0 atom stereocenters. The van der Waals surface area contributed by atoms with Crippen molar-refractivity contribution in [3.63, 3.8) is 0 Å². The van der Waals surface area contributed by atoms with Gasteiger partial charge in [0.25, 0.3) is 5.91 Å². The number of nitrogens with two attached hydrogens (primary N) is 1. The fourth-order valence-corrected chi connectivity index (χ4v) is 1.54. The van der Waals surface area contributed by atoms with Gasteiger partial charge in [-0.2, -0.15) is 4.98 Å². The Morgan fingerprint density at radius 1 is 1.50 bits per heavy atom. The number of anilines is 1. The number of hydrogen-bond acceptors (Lipinski definition) is 5. The van der Waals surface area contributed by atoms with Gasteiger partial charge in [-0.3, -0.25) is 4.79 Å². The number of amides is 1. The molecule has 0 bridgehead atoms. The lowest BCUT2D eigenvalue weighted by atomic mass is 10.2. The Morgan fingerprint density at radius 3 is 3.00 bits per heavy atom. The number of benzene rings is 1. The highest BCUT2D eigenvalue weighted by Crippen LogP contribution is 2.19. The summed E-state index contributed by atoms with van der Waals surface area (Å²) in [5.74, 6) is 0.252. The minimum atomic E-state index is -0.226. The molecule has 7 heteroatoms. The second kappa shape index (κ2) is 5.50. The normalized spacial score (nSPS) is 10.3. The summed E-state index contributed by atoms with van der Waals surface area (Å²) < 4.78 is 4.81. The first-order valence-electron chi connectivity index (χ1n) is 5.25. The number of aromatic nitrogens is 2. The molecule has 6 nitrogen and oxygen atoms in total. The Balaban J connectivity index is 1.89. The average Bonchev–Trinajstić information content (AvgIpc) is 2.85. The average molecular weight is 267 g/mol. The molecule has 0 fully saturated rings. The second-order valence-corrected chi connectivity index (χ2v) is 3.98. The lowest BCUT2D eigenvalue weighted by Crippen LogP contribution is -2.25. The number of rotatable bonds is 4. The summed E-state index contributed by atoms with van der Waals surface area (Å²) >= 11 is 5.83. The van der Waals surface area contributed by atoms with Crippen LogP contribution in [0.2, 0.25) is 5.02 Å². The summed E-state index contributed by atoms with van der Waals surface area (Å²) in [7, 11) is 0. The first kappa shape index (κ1) is 12.4. The molecule has 0 aliphatic carbocycles. The van der Waals surface area contributed by atoms with Crippen molar-refractivity contribution in [2.24, 2.45) is 0 Å². The van der Waals surface area contributed by atoms with Crippen molar-refractivity contribution >= 4 is 23.2 Å². The summed E-state index contributed by atoms with van der Waals surface area (Å²) in [5.41, 5.74) is 6.46. The molecule has 3 N–H and O–H groups in total. The number of halogens is 1. The molecule has 1 aromatic carbocycles. The molecule has 1 amide bonds. The Morgan fingerprint density at radius 2 is 2.33 bits per heavy atom. The zero-order valence-corrected chi connectivity index (χ0v) is 10.1. The molecule has 2 aromatic rings. The maximum Gasteiger partial charge on any atom is 0.251 e. The molecule has 0 saturated heterocycles. The maximum atomic E-state index is 11.8. The third kappa shape index (κ3) is 2.98. The number of nitrogens with zero attached hydrogens (tertiary/aromatic N) is 2. The predicted octanol–water partition coefficient (Wildman–Crippen LogP) is 1.28. The van der Waals surface area contributed by atoms with Crippen molar-refractivity contribution in [1.82, 2.24) is 15.5 Å². The zero-order chi connectivity index (χ0) is 13.0. The summed E-state index contributed by atoms with van der Waals surface area (Å²) in [6, 6.07) is 4.73. The van der Waals surface area contributed by atoms with Crippen LogP contribution in [0.4, 0.5) is 5.69 Å². The monoisotopic (exact) mass is 266 g/mol. The van der Waals surface area contributed by atoms with E-state index in [1.54, 1.807) is 12.1 Å². The third-order valence-corrected chi connectivity index (χ3v) is 2.62. The third-order valence-electron chi connectivity index (χ3n) is 2.29. The Kier molecular flexibility index (Phi) is 3.78. The summed E-state index contributed by atoms with van der Waals surface area (Å²) in [6.07, 6.45) is 1.80. The standard InChI is InChI=1S/C11H11ClN4O2/c12-8-5-7(1-2-9(8)13)11(17)14-4-3-10-15-6-16-18-10/h1-2,5-6H,3-4,13H2,(H,14,17). The number of hydrogen-bond donors (Lipinski definition) is 2. The summed E-state index contributed by atoms with van der Waals surface area (Å²) in [5, 5.41) is 6.55. The fraction of sp³-hybridized carbons (Fsp3) is 0.182. The molecular formula is C11H11ClN4O2. The van der Waals surface area contributed by atoms with Gasteiger partial charge in [0.15, 0.2) is 6.33 Å². The van der Waals surface area contributed by atoms with Crippen molar-refractivity contribution in [3.8, 4) is 0 Å². The second-order valence-electron chi connectivity index (χ2n) is 3.58. The number of carbonyl (C=O) groups is 1. The van der Waals surface area contributed by atoms with Gasteiger partial charge in [0.05, 0.1) is 10.7 Å². The van der Waals surface area contributed by atoms with E-state index in [4.69, 9.17) is 21.9 Å². The fourth-order valence-electron chi connectivity index (χ4n) is 1.36. The molecule has 0 radical (unpaired) electrons. The number of nitrogens with one attached hydrogen (secondary N) is 1. The Bertz CT molecular complexity index is 542. The van der Waals surface area contributed by atoms with E-state index < -0.39 is 0 Å². The Hall–Kier alpha value is -2.08. The highest BCUT2D eigenvalue weighted by atomic mass is 35.5. The summed E-state index contributed by atoms with van der Waals surface area (Å²) in [4.78, 5) is 15.6. The Labute approximate surface area is 108 Å². The van der Waals surface area contributed by atoms with Gasteiger partial charge in [-0.05, 0) is 18.2 Å². The quantitative estimate of drug-likeness (QED) is 0.813. The van der Waals surface area contributed by atoms with Crippen LogP contribution in [0.25, 0.3) is 0 Å². The van der Waals surface area contributed by atoms with Crippen LogP contribution >= 0.6 is 11.6 Å². The first-order chi connectivity index (χ1) is 8.66. The van der Waals surface area contributed by atoms with Gasteiger partial charge in [0.1, 0.15) is 0 Å². The molecule has 0 saturated carbocycles. The molecule has 94 valence electrons. The molecule has 0 aliphatic heterocycles. The number of carbonyl (C=O) groups excluding carboxylic acids is 1. The highest BCUT2D eigenvalue weighted by molar-refractivity contribution is 6.33. The molecule has 2 rings (SSSR count). The van der Waals surface area contributed by atoms with Crippen LogP contribution in [-0.4, -0.2) is 22.6 Å². The van der Waals surface area contributed by atoms with E-state index in [9.17, 15) is 4.79 Å². The largest absolute Gasteiger partial charge is 0.398 e. The van der Waals surface area contributed by atoms with E-state index in [1.807, 2.05) is 0 Å². The van der Waals surface area contributed by atoms with E-state index in [-0.39, 0.29) is 5.91 Å². The van der Waals surface area contributed by atoms with Gasteiger partial charge < -0.3 is 15.6 Å². The van der Waals surface area contributed by atoms with Crippen LogP contribution in [0.1, 0.15) is 16.2 Å². The van der Waals surface area contributed by atoms with Crippen molar-refractivity contribution < 1.29 is 9.32 Å². The summed E-state index contributed by atoms with van der Waals surface area (Å²) in [6.45, 7) is 0.406. The molecular weight excluding hydrogens is 256 g/mol. The van der Waals surface area contributed by atoms with E-state index in [0.29, 0.717) is 35.1 Å². The molecule has 18 heavy (non-hydrogen) atoms. The van der Waals surface area contributed by atoms with E-state index >= 15 is 0 Å². The first-order valence-corrected chi connectivity index (χ1v) is 5.63. The van der Waals surface area contributed by atoms with Gasteiger partial charge in [0, 0.05) is 18.5 Å². The van der Waals surface area contributed by atoms with Crippen LogP contribution in [0, 0.1) is 0 Å². The lowest BCUT2D eigenvalue weighted by Gasteiger charge is -2.05. The van der Waals surface area contributed by atoms with Crippen molar-refractivity contribution in [2.75, 3.05) is 12.3 Å². The van der Waals surface area contributed by atoms with E-state index in [0.717, 1.165) is 0 Å². The van der Waals surface area contributed by atoms with Crippen molar-refractivity contribution in [1.29, 1.82) is 0 Å². The van der Waals surface area contributed by atoms with Gasteiger partial charge in [0.2, 0.25) is 5.89 Å². The minimum absolute atomic E-state index is 0.226. The van der Waals surface area contributed by atoms with Crippen molar-refractivity contribution in [3.05, 3.63) is 41.0 Å². The van der Waals surface area contributed by atoms with Gasteiger partial charge in [-0.1, -0.05) is 16.8 Å².